The van der Waals surface area contributed by atoms with E-state index < -0.39 is 0 Å². The largest absolute Gasteiger partial charge is 0.379 e. The lowest BCUT2D eigenvalue weighted by molar-refractivity contribution is 0.131. The number of halogens is 1. The van der Waals surface area contributed by atoms with Gasteiger partial charge in [-0.25, -0.2) is 4.98 Å². The number of nitrogens with one attached hydrogen (secondary N) is 1. The van der Waals surface area contributed by atoms with E-state index in [0.717, 1.165) is 48.8 Å². The van der Waals surface area contributed by atoms with Crippen LogP contribution in [0.15, 0.2) is 12.1 Å². The number of rotatable bonds is 9. The van der Waals surface area contributed by atoms with E-state index in [1.165, 1.54) is 25.7 Å². The van der Waals surface area contributed by atoms with Gasteiger partial charge in [0.25, 0.3) is 0 Å². The summed E-state index contributed by atoms with van der Waals surface area (Å²) in [5, 5.41) is 4.20. The number of anilines is 1. The van der Waals surface area contributed by atoms with Crippen LogP contribution in [0, 0.1) is 5.92 Å². The van der Waals surface area contributed by atoms with Crippen molar-refractivity contribution in [2.24, 2.45) is 5.92 Å². The first-order valence-corrected chi connectivity index (χ1v) is 8.28. The summed E-state index contributed by atoms with van der Waals surface area (Å²) in [4.78, 5) is 6.80. The van der Waals surface area contributed by atoms with Crippen LogP contribution in [-0.2, 0) is 11.3 Å². The van der Waals surface area contributed by atoms with E-state index >= 15 is 0 Å². The van der Waals surface area contributed by atoms with Gasteiger partial charge in [-0.1, -0.05) is 11.6 Å². The fraction of sp³-hybridized carbons (Fsp3) is 0.688. The standard InChI is InChI=1S/C16H24ClN3O/c1-20(8-9-21-11-12-2-3-12)16-7-6-14(17)15(19-16)10-18-13-4-5-13/h6-7,12-13,18H,2-5,8-11H2,1H3. The van der Waals surface area contributed by atoms with E-state index in [4.69, 9.17) is 16.3 Å². The highest BCUT2D eigenvalue weighted by Gasteiger charge is 2.21. The molecule has 0 radical (unpaired) electrons. The van der Waals surface area contributed by atoms with Gasteiger partial charge < -0.3 is 15.0 Å². The normalized spacial score (nSPS) is 18.0. The van der Waals surface area contributed by atoms with E-state index in [-0.39, 0.29) is 0 Å². The first kappa shape index (κ1) is 15.1. The van der Waals surface area contributed by atoms with E-state index in [2.05, 4.69) is 22.2 Å². The molecule has 1 aromatic rings. The molecule has 0 amide bonds. The van der Waals surface area contributed by atoms with Crippen molar-refractivity contribution < 1.29 is 4.74 Å². The first-order valence-electron chi connectivity index (χ1n) is 7.90. The molecule has 0 aromatic carbocycles. The third-order valence-corrected chi connectivity index (χ3v) is 4.40. The Labute approximate surface area is 131 Å². The predicted octanol–water partition coefficient (Wildman–Crippen LogP) is 2.85. The van der Waals surface area contributed by atoms with Crippen molar-refractivity contribution >= 4 is 17.4 Å². The van der Waals surface area contributed by atoms with Gasteiger partial charge in [0.15, 0.2) is 0 Å². The maximum Gasteiger partial charge on any atom is 0.128 e. The van der Waals surface area contributed by atoms with Crippen molar-refractivity contribution in [2.45, 2.75) is 38.3 Å². The molecule has 2 aliphatic carbocycles. The minimum Gasteiger partial charge on any atom is -0.379 e. The zero-order valence-corrected chi connectivity index (χ0v) is 13.4. The van der Waals surface area contributed by atoms with Crippen LogP contribution >= 0.6 is 11.6 Å². The molecule has 4 nitrogen and oxygen atoms in total. The molecular formula is C16H24ClN3O. The topological polar surface area (TPSA) is 37.4 Å². The van der Waals surface area contributed by atoms with Gasteiger partial charge in [-0.3, -0.25) is 0 Å². The smallest absolute Gasteiger partial charge is 0.128 e. The van der Waals surface area contributed by atoms with E-state index in [0.29, 0.717) is 6.04 Å². The third kappa shape index (κ3) is 4.83. The maximum atomic E-state index is 6.23. The van der Waals surface area contributed by atoms with Gasteiger partial charge in [0.2, 0.25) is 0 Å². The average Bonchev–Trinajstić information content (AvgIpc) is 3.37. The highest BCUT2D eigenvalue weighted by Crippen LogP contribution is 2.28. The molecule has 116 valence electrons. The molecule has 0 aliphatic heterocycles. The van der Waals surface area contributed by atoms with Gasteiger partial charge in [-0.05, 0) is 43.7 Å². The van der Waals surface area contributed by atoms with Gasteiger partial charge in [-0.15, -0.1) is 0 Å². The lowest BCUT2D eigenvalue weighted by Crippen LogP contribution is -2.25. The number of aromatic nitrogens is 1. The molecule has 1 N–H and O–H groups in total. The summed E-state index contributed by atoms with van der Waals surface area (Å²) in [6.45, 7) is 3.28. The van der Waals surface area contributed by atoms with Crippen LogP contribution in [0.3, 0.4) is 0 Å². The van der Waals surface area contributed by atoms with Crippen molar-refractivity contribution in [1.29, 1.82) is 0 Å². The molecule has 2 saturated carbocycles. The van der Waals surface area contributed by atoms with Crippen LogP contribution in [0.5, 0.6) is 0 Å². The van der Waals surface area contributed by atoms with Crippen molar-refractivity contribution in [3.05, 3.63) is 22.8 Å². The fourth-order valence-corrected chi connectivity index (χ4v) is 2.36. The minimum atomic E-state index is 0.667. The highest BCUT2D eigenvalue weighted by molar-refractivity contribution is 6.31. The summed E-state index contributed by atoms with van der Waals surface area (Å²) >= 11 is 6.23. The zero-order valence-electron chi connectivity index (χ0n) is 12.6. The van der Waals surface area contributed by atoms with Crippen molar-refractivity contribution in [1.82, 2.24) is 10.3 Å². The summed E-state index contributed by atoms with van der Waals surface area (Å²) in [6.07, 6.45) is 5.23. The molecule has 5 heteroatoms. The second-order valence-corrected chi connectivity index (χ2v) is 6.60. The molecule has 3 rings (SSSR count). The molecular weight excluding hydrogens is 286 g/mol. The predicted molar refractivity (Wildman–Crippen MR) is 85.9 cm³/mol. The Balaban J connectivity index is 1.48. The quantitative estimate of drug-likeness (QED) is 0.712. The van der Waals surface area contributed by atoms with Crippen LogP contribution in [-0.4, -0.2) is 37.8 Å². The Hall–Kier alpha value is -0.840. The highest BCUT2D eigenvalue weighted by atomic mass is 35.5. The van der Waals surface area contributed by atoms with E-state index in [1.54, 1.807) is 0 Å². The Bertz CT molecular complexity index is 475. The lowest BCUT2D eigenvalue weighted by atomic mass is 10.3. The molecule has 0 unspecified atom stereocenters. The molecule has 1 heterocycles. The Morgan fingerprint density at radius 2 is 2.14 bits per heavy atom. The number of hydrogen-bond acceptors (Lipinski definition) is 4. The third-order valence-electron chi connectivity index (χ3n) is 4.05. The summed E-state index contributed by atoms with van der Waals surface area (Å²) in [5.74, 6) is 1.78. The SMILES string of the molecule is CN(CCOCC1CC1)c1ccc(Cl)c(CNC2CC2)n1. The van der Waals surface area contributed by atoms with Gasteiger partial charge in [0.05, 0.1) is 17.3 Å². The van der Waals surface area contributed by atoms with Gasteiger partial charge >= 0.3 is 0 Å². The van der Waals surface area contributed by atoms with Crippen LogP contribution < -0.4 is 10.2 Å². The van der Waals surface area contributed by atoms with Crippen molar-refractivity contribution in [3.8, 4) is 0 Å². The van der Waals surface area contributed by atoms with Crippen LogP contribution in [0.2, 0.25) is 5.02 Å². The molecule has 1 aromatic heterocycles. The molecule has 0 bridgehead atoms. The van der Waals surface area contributed by atoms with Crippen LogP contribution in [0.4, 0.5) is 5.82 Å². The van der Waals surface area contributed by atoms with E-state index in [1.807, 2.05) is 12.1 Å². The Kier molecular flexibility index (Phi) is 4.99. The Morgan fingerprint density at radius 1 is 1.33 bits per heavy atom. The lowest BCUT2D eigenvalue weighted by Gasteiger charge is -2.19. The van der Waals surface area contributed by atoms with Crippen molar-refractivity contribution in [3.63, 3.8) is 0 Å². The number of pyridine rings is 1. The summed E-state index contributed by atoms with van der Waals surface area (Å²) in [7, 11) is 2.05. The van der Waals surface area contributed by atoms with E-state index in [9.17, 15) is 0 Å². The number of hydrogen-bond donors (Lipinski definition) is 1. The van der Waals surface area contributed by atoms with Crippen molar-refractivity contribution in [2.75, 3.05) is 31.7 Å². The minimum absolute atomic E-state index is 0.667. The Morgan fingerprint density at radius 3 is 2.86 bits per heavy atom. The summed E-state index contributed by atoms with van der Waals surface area (Å²) < 4.78 is 5.68. The molecule has 0 atom stereocenters. The van der Waals surface area contributed by atoms with Gasteiger partial charge in [-0.2, -0.15) is 0 Å². The first-order chi connectivity index (χ1) is 10.2. The molecule has 2 aliphatic rings. The molecule has 0 saturated heterocycles. The van der Waals surface area contributed by atoms with Gasteiger partial charge in [0, 0.05) is 32.8 Å². The second-order valence-electron chi connectivity index (χ2n) is 6.19. The van der Waals surface area contributed by atoms with Crippen LogP contribution in [0.25, 0.3) is 0 Å². The number of ether oxygens (including phenoxy) is 1. The molecule has 2 fully saturated rings. The summed E-state index contributed by atoms with van der Waals surface area (Å²) in [6, 6.07) is 4.58. The van der Waals surface area contributed by atoms with Gasteiger partial charge in [0.1, 0.15) is 5.82 Å². The maximum absolute atomic E-state index is 6.23. The molecule has 0 spiro atoms. The number of likely N-dealkylation sites (N-methyl/N-ethyl adjacent to an activating group) is 1. The monoisotopic (exact) mass is 309 g/mol. The average molecular weight is 310 g/mol. The van der Waals surface area contributed by atoms with Crippen LogP contribution in [0.1, 0.15) is 31.4 Å². The number of nitrogens with zero attached hydrogens (tertiary/aromatic N) is 2. The summed E-state index contributed by atoms with van der Waals surface area (Å²) in [5.41, 5.74) is 0.937. The molecule has 21 heavy (non-hydrogen) atoms. The fourth-order valence-electron chi connectivity index (χ4n) is 2.19. The second kappa shape index (κ2) is 6.95. The zero-order chi connectivity index (χ0) is 14.7.